The summed E-state index contributed by atoms with van der Waals surface area (Å²) >= 11 is 0. The molecular formula is C20H27N3O3. The second-order valence-corrected chi connectivity index (χ2v) is 7.15. The van der Waals surface area contributed by atoms with Crippen LogP contribution in [0.4, 0.5) is 5.69 Å². The number of aryl methyl sites for hydroxylation is 1. The highest BCUT2D eigenvalue weighted by molar-refractivity contribution is 5.93. The van der Waals surface area contributed by atoms with Gasteiger partial charge in [-0.1, -0.05) is 0 Å². The van der Waals surface area contributed by atoms with Gasteiger partial charge in [0.2, 0.25) is 0 Å². The molecule has 4 rings (SSSR count). The molecule has 6 nitrogen and oxygen atoms in total. The van der Waals surface area contributed by atoms with Crippen molar-refractivity contribution in [2.24, 2.45) is 0 Å². The van der Waals surface area contributed by atoms with E-state index in [1.807, 2.05) is 19.1 Å². The number of rotatable bonds is 5. The fraction of sp³-hybridized carbons (Fsp3) is 0.550. The van der Waals surface area contributed by atoms with Crippen molar-refractivity contribution in [1.29, 1.82) is 0 Å². The van der Waals surface area contributed by atoms with Crippen molar-refractivity contribution >= 4 is 16.7 Å². The molecule has 0 aliphatic carbocycles. The molecule has 2 aromatic rings. The van der Waals surface area contributed by atoms with Gasteiger partial charge in [-0.25, -0.2) is 4.79 Å². The van der Waals surface area contributed by atoms with E-state index in [0.29, 0.717) is 12.2 Å². The molecular weight excluding hydrogens is 330 g/mol. The normalized spacial score (nSPS) is 18.6. The molecule has 2 fully saturated rings. The second kappa shape index (κ2) is 7.68. The van der Waals surface area contributed by atoms with E-state index in [-0.39, 0.29) is 5.63 Å². The zero-order valence-electron chi connectivity index (χ0n) is 15.4. The zero-order valence-corrected chi connectivity index (χ0v) is 15.4. The van der Waals surface area contributed by atoms with Crippen molar-refractivity contribution in [2.75, 3.05) is 57.3 Å². The molecule has 2 aliphatic heterocycles. The van der Waals surface area contributed by atoms with Gasteiger partial charge in [0.05, 0.1) is 5.69 Å². The fourth-order valence-corrected chi connectivity index (χ4v) is 3.94. The molecule has 140 valence electrons. The minimum absolute atomic E-state index is 0.302. The molecule has 2 saturated heterocycles. The summed E-state index contributed by atoms with van der Waals surface area (Å²) < 4.78 is 11.6. The molecule has 26 heavy (non-hydrogen) atoms. The Morgan fingerprint density at radius 1 is 1.15 bits per heavy atom. The minimum atomic E-state index is -0.302. The van der Waals surface area contributed by atoms with E-state index in [1.165, 1.54) is 25.9 Å². The van der Waals surface area contributed by atoms with Crippen LogP contribution in [0.5, 0.6) is 5.75 Å². The summed E-state index contributed by atoms with van der Waals surface area (Å²) in [5.41, 5.74) is 2.20. The van der Waals surface area contributed by atoms with Crippen LogP contribution >= 0.6 is 0 Å². The van der Waals surface area contributed by atoms with Crippen LogP contribution in [-0.2, 0) is 0 Å². The van der Waals surface area contributed by atoms with Gasteiger partial charge in [0.15, 0.2) is 0 Å². The number of hydrogen-bond donors (Lipinski definition) is 1. The molecule has 0 radical (unpaired) electrons. The first-order chi connectivity index (χ1) is 12.7. The number of nitrogens with zero attached hydrogens (tertiary/aromatic N) is 2. The number of benzene rings is 1. The molecule has 1 N–H and O–H groups in total. The standard InChI is InChI=1S/C20H27N3O3/c1-15-18(25-13-12-22-8-2-3-9-22)5-4-16-17(14-19(24)26-20(15)16)23-10-6-21-7-11-23/h4-5,14,21H,2-3,6-13H2,1H3. The quantitative estimate of drug-likeness (QED) is 0.826. The van der Waals surface area contributed by atoms with Crippen molar-refractivity contribution in [3.05, 3.63) is 34.2 Å². The van der Waals surface area contributed by atoms with Crippen LogP contribution < -0.4 is 20.6 Å². The van der Waals surface area contributed by atoms with Gasteiger partial charge in [0, 0.05) is 49.7 Å². The number of likely N-dealkylation sites (tertiary alicyclic amines) is 1. The Bertz CT molecular complexity index is 821. The highest BCUT2D eigenvalue weighted by atomic mass is 16.5. The Kier molecular flexibility index (Phi) is 5.13. The third kappa shape index (κ3) is 3.57. The largest absolute Gasteiger partial charge is 0.492 e. The monoisotopic (exact) mass is 357 g/mol. The van der Waals surface area contributed by atoms with Gasteiger partial charge in [0.1, 0.15) is 17.9 Å². The third-order valence-electron chi connectivity index (χ3n) is 5.41. The van der Waals surface area contributed by atoms with Crippen LogP contribution in [0.15, 0.2) is 27.4 Å². The summed E-state index contributed by atoms with van der Waals surface area (Å²) in [4.78, 5) is 16.8. The van der Waals surface area contributed by atoms with E-state index < -0.39 is 0 Å². The Morgan fingerprint density at radius 3 is 2.69 bits per heavy atom. The van der Waals surface area contributed by atoms with Gasteiger partial charge >= 0.3 is 5.63 Å². The lowest BCUT2D eigenvalue weighted by Gasteiger charge is -2.30. The Labute approximate surface area is 153 Å². The molecule has 1 aromatic carbocycles. The maximum Gasteiger partial charge on any atom is 0.338 e. The molecule has 2 aliphatic rings. The molecule has 1 aromatic heterocycles. The lowest BCUT2D eigenvalue weighted by Crippen LogP contribution is -2.43. The summed E-state index contributed by atoms with van der Waals surface area (Å²) in [5.74, 6) is 0.803. The van der Waals surface area contributed by atoms with Crippen molar-refractivity contribution in [3.63, 3.8) is 0 Å². The van der Waals surface area contributed by atoms with Crippen LogP contribution in [0.1, 0.15) is 18.4 Å². The first-order valence-corrected chi connectivity index (χ1v) is 9.61. The van der Waals surface area contributed by atoms with Crippen molar-refractivity contribution in [3.8, 4) is 5.75 Å². The summed E-state index contributed by atoms with van der Waals surface area (Å²) in [5, 5.41) is 4.33. The van der Waals surface area contributed by atoms with Crippen molar-refractivity contribution < 1.29 is 9.15 Å². The predicted octanol–water partition coefficient (Wildman–Crippen LogP) is 1.99. The minimum Gasteiger partial charge on any atom is -0.492 e. The zero-order chi connectivity index (χ0) is 17.9. The topological polar surface area (TPSA) is 58.0 Å². The van der Waals surface area contributed by atoms with E-state index in [4.69, 9.17) is 9.15 Å². The fourth-order valence-electron chi connectivity index (χ4n) is 3.94. The predicted molar refractivity (Wildman–Crippen MR) is 103 cm³/mol. The van der Waals surface area contributed by atoms with Crippen LogP contribution in [0.3, 0.4) is 0 Å². The number of fused-ring (bicyclic) bond motifs is 1. The van der Waals surface area contributed by atoms with E-state index >= 15 is 0 Å². The summed E-state index contributed by atoms with van der Waals surface area (Å²) in [6.45, 7) is 9.56. The van der Waals surface area contributed by atoms with Crippen LogP contribution in [-0.4, -0.2) is 57.3 Å². The lowest BCUT2D eigenvalue weighted by atomic mass is 10.1. The van der Waals surface area contributed by atoms with Crippen LogP contribution in [0.2, 0.25) is 0 Å². The Morgan fingerprint density at radius 2 is 1.92 bits per heavy atom. The molecule has 0 unspecified atom stereocenters. The van der Waals surface area contributed by atoms with Gasteiger partial charge in [-0.2, -0.15) is 0 Å². The molecule has 6 heteroatoms. The van der Waals surface area contributed by atoms with Gasteiger partial charge in [-0.05, 0) is 45.0 Å². The number of hydrogen-bond acceptors (Lipinski definition) is 6. The summed E-state index contributed by atoms with van der Waals surface area (Å²) in [6, 6.07) is 5.64. The number of nitrogens with one attached hydrogen (secondary N) is 1. The lowest BCUT2D eigenvalue weighted by molar-refractivity contribution is 0.237. The average molecular weight is 357 g/mol. The molecule has 0 spiro atoms. The average Bonchev–Trinajstić information content (AvgIpc) is 3.18. The maximum atomic E-state index is 12.1. The highest BCUT2D eigenvalue weighted by Crippen LogP contribution is 2.32. The highest BCUT2D eigenvalue weighted by Gasteiger charge is 2.18. The van der Waals surface area contributed by atoms with Crippen molar-refractivity contribution in [1.82, 2.24) is 10.2 Å². The van der Waals surface area contributed by atoms with Gasteiger partial charge < -0.3 is 19.4 Å². The SMILES string of the molecule is Cc1c(OCCN2CCCC2)ccc2c(N3CCNCC3)cc(=O)oc12. The third-order valence-corrected chi connectivity index (χ3v) is 5.41. The van der Waals surface area contributed by atoms with E-state index in [9.17, 15) is 4.79 Å². The van der Waals surface area contributed by atoms with E-state index in [1.54, 1.807) is 6.07 Å². The molecule has 0 saturated carbocycles. The first kappa shape index (κ1) is 17.4. The Hall–Kier alpha value is -2.05. The van der Waals surface area contributed by atoms with Gasteiger partial charge in [-0.15, -0.1) is 0 Å². The number of ether oxygens (including phenoxy) is 1. The first-order valence-electron chi connectivity index (χ1n) is 9.61. The van der Waals surface area contributed by atoms with Crippen LogP contribution in [0, 0.1) is 6.92 Å². The smallest absolute Gasteiger partial charge is 0.338 e. The Balaban J connectivity index is 1.58. The van der Waals surface area contributed by atoms with Crippen molar-refractivity contribution in [2.45, 2.75) is 19.8 Å². The molecule has 0 bridgehead atoms. The molecule has 3 heterocycles. The van der Waals surface area contributed by atoms with E-state index in [2.05, 4.69) is 15.1 Å². The second-order valence-electron chi connectivity index (χ2n) is 7.15. The molecule has 0 amide bonds. The summed E-state index contributed by atoms with van der Waals surface area (Å²) in [7, 11) is 0. The molecule has 0 atom stereocenters. The van der Waals surface area contributed by atoms with E-state index in [0.717, 1.165) is 55.1 Å². The summed E-state index contributed by atoms with van der Waals surface area (Å²) in [6.07, 6.45) is 2.57. The maximum absolute atomic E-state index is 12.1. The van der Waals surface area contributed by atoms with Gasteiger partial charge in [0.25, 0.3) is 0 Å². The van der Waals surface area contributed by atoms with Gasteiger partial charge in [-0.3, -0.25) is 4.90 Å². The van der Waals surface area contributed by atoms with Crippen LogP contribution in [0.25, 0.3) is 11.0 Å². The number of piperazine rings is 1. The number of anilines is 1.